The van der Waals surface area contributed by atoms with Crippen LogP contribution in [0.4, 0.5) is 8.78 Å². The number of hydrogen-bond donors (Lipinski definition) is 1. The van der Waals surface area contributed by atoms with Crippen molar-refractivity contribution in [2.75, 3.05) is 7.11 Å². The first-order valence-electron chi connectivity index (χ1n) is 11.9. The maximum absolute atomic E-state index is 13.9. The molecule has 37 heavy (non-hydrogen) atoms. The van der Waals surface area contributed by atoms with E-state index in [0.717, 1.165) is 28.6 Å². The molecule has 2 aromatic carbocycles. The van der Waals surface area contributed by atoms with Crippen LogP contribution in [0.3, 0.4) is 0 Å². The Balaban J connectivity index is 1.99. The number of carboxylic acid groups (broad SMARTS) is 1. The van der Waals surface area contributed by atoms with Crippen molar-refractivity contribution in [2.45, 2.75) is 52.9 Å². The van der Waals surface area contributed by atoms with Gasteiger partial charge in [0.15, 0.2) is 17.7 Å². The number of benzene rings is 2. The van der Waals surface area contributed by atoms with E-state index in [1.54, 1.807) is 34.8 Å². The quantitative estimate of drug-likeness (QED) is 0.305. The molecule has 0 saturated carbocycles. The Morgan fingerprint density at radius 1 is 1.08 bits per heavy atom. The van der Waals surface area contributed by atoms with Crippen molar-refractivity contribution in [3.63, 3.8) is 0 Å². The summed E-state index contributed by atoms with van der Waals surface area (Å²) in [7, 11) is 1.59. The SMILES string of the molecule is COc1ccc(-c2c([C@H](OC(C)(C)C)C(=O)O)c(C)nc3c2ccn3Cc2ccc(F)c(F)c2)c(C)c1. The van der Waals surface area contributed by atoms with Gasteiger partial charge in [-0.15, -0.1) is 0 Å². The predicted octanol–water partition coefficient (Wildman–Crippen LogP) is 6.60. The third-order valence-corrected chi connectivity index (χ3v) is 6.13. The smallest absolute Gasteiger partial charge is 0.337 e. The van der Waals surface area contributed by atoms with Crippen LogP contribution in [0.15, 0.2) is 48.7 Å². The fourth-order valence-electron chi connectivity index (χ4n) is 4.53. The Bertz CT molecular complexity index is 1490. The van der Waals surface area contributed by atoms with Crippen LogP contribution in [0, 0.1) is 25.5 Å². The number of pyridine rings is 1. The second-order valence-corrected chi connectivity index (χ2v) is 10.0. The highest BCUT2D eigenvalue weighted by Gasteiger charge is 2.33. The first-order chi connectivity index (χ1) is 17.4. The molecule has 6 nitrogen and oxygen atoms in total. The van der Waals surface area contributed by atoms with Crippen LogP contribution in [0.2, 0.25) is 0 Å². The second kappa shape index (κ2) is 9.94. The Kier molecular flexibility index (Phi) is 7.06. The molecule has 0 spiro atoms. The number of aromatic nitrogens is 2. The van der Waals surface area contributed by atoms with Crippen molar-refractivity contribution in [1.29, 1.82) is 0 Å². The number of aliphatic carboxylic acids is 1. The normalized spacial score (nSPS) is 12.6. The minimum Gasteiger partial charge on any atom is -0.497 e. The Labute approximate surface area is 214 Å². The number of methoxy groups -OCH3 is 1. The van der Waals surface area contributed by atoms with Gasteiger partial charge in [-0.1, -0.05) is 12.1 Å². The molecule has 4 aromatic rings. The number of halogens is 2. The molecule has 4 rings (SSSR count). The van der Waals surface area contributed by atoms with E-state index in [1.165, 1.54) is 6.07 Å². The van der Waals surface area contributed by atoms with Gasteiger partial charge in [0.2, 0.25) is 0 Å². The molecule has 0 unspecified atom stereocenters. The summed E-state index contributed by atoms with van der Waals surface area (Å²) in [4.78, 5) is 17.3. The molecular weight excluding hydrogens is 478 g/mol. The van der Waals surface area contributed by atoms with Crippen molar-refractivity contribution in [3.8, 4) is 16.9 Å². The number of carboxylic acids is 1. The number of carbonyl (C=O) groups is 1. The topological polar surface area (TPSA) is 73.6 Å². The Hall–Kier alpha value is -3.78. The molecule has 8 heteroatoms. The number of fused-ring (bicyclic) bond motifs is 1. The maximum Gasteiger partial charge on any atom is 0.337 e. The number of nitrogens with zero attached hydrogens (tertiary/aromatic N) is 2. The van der Waals surface area contributed by atoms with Crippen LogP contribution < -0.4 is 4.74 Å². The van der Waals surface area contributed by atoms with Crippen molar-refractivity contribution in [2.24, 2.45) is 0 Å². The summed E-state index contributed by atoms with van der Waals surface area (Å²) >= 11 is 0. The standard InChI is InChI=1S/C29H30F2N2O4/c1-16-13-19(36-6)8-9-20(16)25-21-11-12-33(15-18-7-10-22(30)23(31)14-18)27(21)32-17(2)24(25)26(28(34)35)37-29(3,4)5/h7-14,26H,15H2,1-6H3,(H,34,35)/t26-/m0/s1. The molecule has 2 aromatic heterocycles. The lowest BCUT2D eigenvalue weighted by Gasteiger charge is -2.28. The first-order valence-corrected chi connectivity index (χ1v) is 11.9. The van der Waals surface area contributed by atoms with E-state index in [-0.39, 0.29) is 6.54 Å². The highest BCUT2D eigenvalue weighted by Crippen LogP contribution is 2.41. The maximum atomic E-state index is 13.9. The highest BCUT2D eigenvalue weighted by atomic mass is 19.2. The lowest BCUT2D eigenvalue weighted by molar-refractivity contribution is -0.160. The van der Waals surface area contributed by atoms with Gasteiger partial charge >= 0.3 is 5.97 Å². The van der Waals surface area contributed by atoms with Gasteiger partial charge < -0.3 is 19.1 Å². The fraction of sp³-hybridized carbons (Fsp3) is 0.310. The summed E-state index contributed by atoms with van der Waals surface area (Å²) in [5, 5.41) is 10.9. The van der Waals surface area contributed by atoms with Gasteiger partial charge in [0.25, 0.3) is 0 Å². The van der Waals surface area contributed by atoms with Crippen LogP contribution >= 0.6 is 0 Å². The van der Waals surface area contributed by atoms with Crippen LogP contribution in [-0.2, 0) is 16.1 Å². The predicted molar refractivity (Wildman–Crippen MR) is 138 cm³/mol. The number of hydrogen-bond acceptors (Lipinski definition) is 4. The first kappa shape index (κ1) is 26.3. The van der Waals surface area contributed by atoms with Crippen LogP contribution in [0.1, 0.15) is 49.3 Å². The molecule has 194 valence electrons. The summed E-state index contributed by atoms with van der Waals surface area (Å²) in [6.07, 6.45) is 0.549. The molecular formula is C29H30F2N2O4. The fourth-order valence-corrected chi connectivity index (χ4v) is 4.53. The average Bonchev–Trinajstić information content (AvgIpc) is 3.20. The summed E-state index contributed by atoms with van der Waals surface area (Å²) in [5.41, 5.74) is 3.81. The molecule has 1 atom stereocenters. The van der Waals surface area contributed by atoms with Crippen LogP contribution in [0.25, 0.3) is 22.2 Å². The van der Waals surface area contributed by atoms with E-state index in [1.807, 2.05) is 42.0 Å². The van der Waals surface area contributed by atoms with E-state index in [0.29, 0.717) is 33.8 Å². The van der Waals surface area contributed by atoms with Gasteiger partial charge in [0.1, 0.15) is 11.4 Å². The summed E-state index contributed by atoms with van der Waals surface area (Å²) in [6.45, 7) is 9.37. The van der Waals surface area contributed by atoms with Gasteiger partial charge in [-0.05, 0) is 81.6 Å². The molecule has 0 aliphatic heterocycles. The van der Waals surface area contributed by atoms with Gasteiger partial charge in [-0.25, -0.2) is 18.6 Å². The van der Waals surface area contributed by atoms with Gasteiger partial charge in [0.05, 0.1) is 12.7 Å². The van der Waals surface area contributed by atoms with E-state index >= 15 is 0 Å². The van der Waals surface area contributed by atoms with Crippen molar-refractivity contribution >= 4 is 17.0 Å². The van der Waals surface area contributed by atoms with Crippen molar-refractivity contribution in [1.82, 2.24) is 9.55 Å². The molecule has 0 amide bonds. The number of aryl methyl sites for hydroxylation is 2. The largest absolute Gasteiger partial charge is 0.497 e. The number of rotatable bonds is 7. The monoisotopic (exact) mass is 508 g/mol. The van der Waals surface area contributed by atoms with Crippen LogP contribution in [0.5, 0.6) is 5.75 Å². The van der Waals surface area contributed by atoms with E-state index in [4.69, 9.17) is 14.5 Å². The van der Waals surface area contributed by atoms with Crippen molar-refractivity contribution in [3.05, 3.63) is 82.7 Å². The molecule has 0 fully saturated rings. The van der Waals surface area contributed by atoms with E-state index in [9.17, 15) is 18.7 Å². The molecule has 0 bridgehead atoms. The van der Waals surface area contributed by atoms with Gasteiger partial charge in [-0.3, -0.25) is 0 Å². The molecule has 0 saturated heterocycles. The lowest BCUT2D eigenvalue weighted by atomic mass is 9.90. The zero-order valence-electron chi connectivity index (χ0n) is 21.7. The Morgan fingerprint density at radius 2 is 1.81 bits per heavy atom. The van der Waals surface area contributed by atoms with Gasteiger partial charge in [-0.2, -0.15) is 0 Å². The second-order valence-electron chi connectivity index (χ2n) is 10.0. The third-order valence-electron chi connectivity index (χ3n) is 6.13. The zero-order valence-corrected chi connectivity index (χ0v) is 21.7. The zero-order chi connectivity index (χ0) is 27.1. The Morgan fingerprint density at radius 3 is 2.41 bits per heavy atom. The summed E-state index contributed by atoms with van der Waals surface area (Å²) in [6, 6.07) is 11.3. The lowest BCUT2D eigenvalue weighted by Crippen LogP contribution is -2.28. The summed E-state index contributed by atoms with van der Waals surface area (Å²) in [5.74, 6) is -2.26. The van der Waals surface area contributed by atoms with E-state index < -0.39 is 29.3 Å². The van der Waals surface area contributed by atoms with Crippen LogP contribution in [-0.4, -0.2) is 33.3 Å². The molecule has 1 N–H and O–H groups in total. The van der Waals surface area contributed by atoms with E-state index in [2.05, 4.69) is 0 Å². The number of ether oxygens (including phenoxy) is 2. The minimum atomic E-state index is -1.26. The average molecular weight is 509 g/mol. The van der Waals surface area contributed by atoms with Crippen molar-refractivity contribution < 1.29 is 28.2 Å². The molecule has 0 radical (unpaired) electrons. The highest BCUT2D eigenvalue weighted by molar-refractivity contribution is 5.98. The molecule has 0 aliphatic rings. The molecule has 2 heterocycles. The molecule has 0 aliphatic carbocycles. The third kappa shape index (κ3) is 5.34. The summed E-state index contributed by atoms with van der Waals surface area (Å²) < 4.78 is 40.6. The van der Waals surface area contributed by atoms with Gasteiger partial charge in [0, 0.05) is 34.9 Å². The minimum absolute atomic E-state index is 0.258.